The van der Waals surface area contributed by atoms with Crippen molar-refractivity contribution in [2.24, 2.45) is 5.73 Å². The van der Waals surface area contributed by atoms with Gasteiger partial charge in [0.15, 0.2) is 0 Å². The minimum absolute atomic E-state index is 0.480. The summed E-state index contributed by atoms with van der Waals surface area (Å²) >= 11 is 0. The predicted molar refractivity (Wildman–Crippen MR) is 59.3 cm³/mol. The third-order valence-corrected chi connectivity index (χ3v) is 2.53. The molecule has 2 N–H and O–H groups in total. The van der Waals surface area contributed by atoms with E-state index in [9.17, 15) is 13.2 Å². The highest BCUT2D eigenvalue weighted by Crippen LogP contribution is 2.30. The molecular weight excluding hydrogens is 229 g/mol. The number of rotatable bonds is 2. The van der Waals surface area contributed by atoms with E-state index in [0.717, 1.165) is 0 Å². The van der Waals surface area contributed by atoms with Crippen LogP contribution in [-0.2, 0) is 0 Å². The van der Waals surface area contributed by atoms with Crippen LogP contribution >= 0.6 is 0 Å². The summed E-state index contributed by atoms with van der Waals surface area (Å²) in [6.45, 7) is 0. The Bertz CT molecular complexity index is 517. The zero-order chi connectivity index (χ0) is 12.5. The molecule has 1 unspecified atom stereocenters. The Morgan fingerprint density at radius 3 is 2.65 bits per heavy atom. The fourth-order valence-electron chi connectivity index (χ4n) is 1.81. The van der Waals surface area contributed by atoms with Crippen molar-refractivity contribution in [1.29, 1.82) is 0 Å². The number of hydrogen-bond donors (Lipinski definition) is 1. The molecule has 0 amide bonds. The lowest BCUT2D eigenvalue weighted by Crippen LogP contribution is -2.20. The molecule has 0 aliphatic rings. The van der Waals surface area contributed by atoms with E-state index in [1.54, 1.807) is 36.5 Å². The van der Waals surface area contributed by atoms with Gasteiger partial charge in [0.25, 0.3) is 0 Å². The van der Waals surface area contributed by atoms with Crippen molar-refractivity contribution in [2.45, 2.75) is 18.6 Å². The summed E-state index contributed by atoms with van der Waals surface area (Å²) in [6.07, 6.45) is -3.69. The van der Waals surface area contributed by atoms with E-state index < -0.39 is 18.6 Å². The highest BCUT2D eigenvalue weighted by Gasteiger charge is 2.31. The molecule has 0 bridgehead atoms. The second-order valence-electron chi connectivity index (χ2n) is 3.84. The molecular formula is C12H11F3N2. The van der Waals surface area contributed by atoms with Crippen molar-refractivity contribution in [3.05, 3.63) is 42.1 Å². The lowest BCUT2D eigenvalue weighted by atomic mass is 9.99. The highest BCUT2D eigenvalue weighted by atomic mass is 19.4. The number of nitrogens with two attached hydrogens (primary N) is 1. The van der Waals surface area contributed by atoms with Gasteiger partial charge < -0.3 is 5.73 Å². The third kappa shape index (κ3) is 2.74. The second kappa shape index (κ2) is 4.33. The minimum atomic E-state index is -4.26. The normalized spacial score (nSPS) is 13.9. The first-order valence-corrected chi connectivity index (χ1v) is 5.13. The summed E-state index contributed by atoms with van der Waals surface area (Å²) in [5.74, 6) is 0. The lowest BCUT2D eigenvalue weighted by Gasteiger charge is -2.16. The molecule has 0 saturated carbocycles. The number of benzene rings is 1. The first kappa shape index (κ1) is 11.9. The van der Waals surface area contributed by atoms with Gasteiger partial charge in [-0.25, -0.2) is 0 Å². The monoisotopic (exact) mass is 240 g/mol. The standard InChI is InChI=1S/C12H11F3N2/c13-12(14,15)7-10(16)8-3-1-5-11-9(8)4-2-6-17-11/h1-6,10H,7,16H2. The first-order chi connectivity index (χ1) is 7.97. The fraction of sp³-hybridized carbons (Fsp3) is 0.250. The van der Waals surface area contributed by atoms with Crippen LogP contribution in [0.1, 0.15) is 18.0 Å². The van der Waals surface area contributed by atoms with Crippen LogP contribution in [-0.4, -0.2) is 11.2 Å². The van der Waals surface area contributed by atoms with Crippen LogP contribution in [0.3, 0.4) is 0 Å². The van der Waals surface area contributed by atoms with Crippen LogP contribution in [0.25, 0.3) is 10.9 Å². The van der Waals surface area contributed by atoms with Gasteiger partial charge in [-0.1, -0.05) is 18.2 Å². The first-order valence-electron chi connectivity index (χ1n) is 5.13. The van der Waals surface area contributed by atoms with Gasteiger partial charge in [-0.15, -0.1) is 0 Å². The predicted octanol–water partition coefficient (Wildman–Crippen LogP) is 3.19. The number of nitrogens with zero attached hydrogens (tertiary/aromatic N) is 1. The maximum atomic E-state index is 12.3. The van der Waals surface area contributed by atoms with Crippen LogP contribution in [0.5, 0.6) is 0 Å². The number of alkyl halides is 3. The molecule has 0 aliphatic heterocycles. The van der Waals surface area contributed by atoms with Gasteiger partial charge in [0.2, 0.25) is 0 Å². The van der Waals surface area contributed by atoms with Gasteiger partial charge in [-0.05, 0) is 17.7 Å². The largest absolute Gasteiger partial charge is 0.390 e. The van der Waals surface area contributed by atoms with Gasteiger partial charge in [-0.3, -0.25) is 4.98 Å². The van der Waals surface area contributed by atoms with E-state index in [1.807, 2.05) is 0 Å². The summed E-state index contributed by atoms with van der Waals surface area (Å²) in [5.41, 5.74) is 6.73. The molecule has 90 valence electrons. The number of pyridine rings is 1. The van der Waals surface area contributed by atoms with Crippen LogP contribution in [0.2, 0.25) is 0 Å². The summed E-state index contributed by atoms with van der Waals surface area (Å²) in [7, 11) is 0. The van der Waals surface area contributed by atoms with Crippen LogP contribution in [0.4, 0.5) is 13.2 Å². The lowest BCUT2D eigenvalue weighted by molar-refractivity contribution is -0.138. The SMILES string of the molecule is NC(CC(F)(F)F)c1cccc2ncccc12. The molecule has 2 nitrogen and oxygen atoms in total. The van der Waals surface area contributed by atoms with Crippen molar-refractivity contribution in [3.63, 3.8) is 0 Å². The van der Waals surface area contributed by atoms with Gasteiger partial charge >= 0.3 is 6.18 Å². The summed E-state index contributed by atoms with van der Waals surface area (Å²) < 4.78 is 36.9. The molecule has 0 aliphatic carbocycles. The smallest absolute Gasteiger partial charge is 0.324 e. The maximum Gasteiger partial charge on any atom is 0.390 e. The molecule has 1 atom stereocenters. The highest BCUT2D eigenvalue weighted by molar-refractivity contribution is 5.82. The van der Waals surface area contributed by atoms with Gasteiger partial charge in [0, 0.05) is 17.6 Å². The Kier molecular flexibility index (Phi) is 3.02. The Morgan fingerprint density at radius 1 is 1.18 bits per heavy atom. The van der Waals surface area contributed by atoms with E-state index in [0.29, 0.717) is 16.5 Å². The molecule has 2 rings (SSSR count). The summed E-state index contributed by atoms with van der Waals surface area (Å²) in [5, 5.41) is 0.673. The van der Waals surface area contributed by atoms with Gasteiger partial charge in [-0.2, -0.15) is 13.2 Å². The second-order valence-corrected chi connectivity index (χ2v) is 3.84. The van der Waals surface area contributed by atoms with Gasteiger partial charge in [0.05, 0.1) is 11.9 Å². The van der Waals surface area contributed by atoms with E-state index in [4.69, 9.17) is 5.73 Å². The molecule has 0 saturated heterocycles. The van der Waals surface area contributed by atoms with Crippen LogP contribution in [0, 0.1) is 0 Å². The van der Waals surface area contributed by atoms with E-state index in [1.165, 1.54) is 0 Å². The molecule has 1 aromatic heterocycles. The van der Waals surface area contributed by atoms with Crippen molar-refractivity contribution in [3.8, 4) is 0 Å². The van der Waals surface area contributed by atoms with Crippen molar-refractivity contribution in [2.75, 3.05) is 0 Å². The zero-order valence-electron chi connectivity index (χ0n) is 8.91. The Hall–Kier alpha value is -1.62. The molecule has 17 heavy (non-hydrogen) atoms. The minimum Gasteiger partial charge on any atom is -0.324 e. The van der Waals surface area contributed by atoms with Crippen molar-refractivity contribution in [1.82, 2.24) is 4.98 Å². The molecule has 0 fully saturated rings. The van der Waals surface area contributed by atoms with E-state index >= 15 is 0 Å². The number of hydrogen-bond acceptors (Lipinski definition) is 2. The van der Waals surface area contributed by atoms with Crippen molar-refractivity contribution < 1.29 is 13.2 Å². The van der Waals surface area contributed by atoms with Crippen LogP contribution < -0.4 is 5.73 Å². The van der Waals surface area contributed by atoms with Gasteiger partial charge in [0.1, 0.15) is 0 Å². The number of aromatic nitrogens is 1. The fourth-order valence-corrected chi connectivity index (χ4v) is 1.81. The molecule has 2 aromatic rings. The Balaban J connectivity index is 2.41. The quantitative estimate of drug-likeness (QED) is 0.875. The summed E-state index contributed by atoms with van der Waals surface area (Å²) in [6, 6.07) is 7.39. The number of halogens is 3. The van der Waals surface area contributed by atoms with E-state index in [-0.39, 0.29) is 0 Å². The molecule has 5 heteroatoms. The summed E-state index contributed by atoms with van der Waals surface area (Å²) in [4.78, 5) is 4.08. The molecule has 0 spiro atoms. The average Bonchev–Trinajstić information content (AvgIpc) is 2.26. The Labute approximate surface area is 96.3 Å². The number of fused-ring (bicyclic) bond motifs is 1. The average molecular weight is 240 g/mol. The molecule has 1 heterocycles. The maximum absolute atomic E-state index is 12.3. The van der Waals surface area contributed by atoms with Crippen molar-refractivity contribution >= 4 is 10.9 Å². The zero-order valence-corrected chi connectivity index (χ0v) is 8.91. The van der Waals surface area contributed by atoms with Crippen LogP contribution in [0.15, 0.2) is 36.5 Å². The third-order valence-electron chi connectivity index (χ3n) is 2.53. The Morgan fingerprint density at radius 2 is 1.94 bits per heavy atom. The molecule has 1 aromatic carbocycles. The topological polar surface area (TPSA) is 38.9 Å². The molecule has 0 radical (unpaired) electrons. The van der Waals surface area contributed by atoms with E-state index in [2.05, 4.69) is 4.98 Å².